The van der Waals surface area contributed by atoms with E-state index in [9.17, 15) is 13.2 Å². The average molecular weight is 286 g/mol. The molecule has 0 heterocycles. The molecule has 0 aliphatic rings. The highest BCUT2D eigenvalue weighted by Crippen LogP contribution is 2.23. The number of sulfonamides is 1. The van der Waals surface area contributed by atoms with Gasteiger partial charge < -0.3 is 9.64 Å². The number of hydrogen-bond donors (Lipinski definition) is 1. The maximum absolute atomic E-state index is 12.2. The highest BCUT2D eigenvalue weighted by molar-refractivity contribution is 7.89. The Morgan fingerprint density at radius 3 is 2.53 bits per heavy atom. The second-order valence-electron chi connectivity index (χ2n) is 4.13. The molecule has 0 saturated carbocycles. The number of amides is 1. The molecule has 7 heteroatoms. The lowest BCUT2D eigenvalue weighted by Gasteiger charge is -2.18. The number of benzene rings is 1. The molecule has 1 rings (SSSR count). The Morgan fingerprint density at radius 1 is 1.42 bits per heavy atom. The molecule has 0 bridgehead atoms. The van der Waals surface area contributed by atoms with E-state index in [4.69, 9.17) is 9.88 Å². The minimum Gasteiger partial charge on any atom is -0.496 e. The monoisotopic (exact) mass is 286 g/mol. The number of hydrogen-bond acceptors (Lipinski definition) is 4. The van der Waals surface area contributed by atoms with Gasteiger partial charge in [0, 0.05) is 13.6 Å². The molecule has 19 heavy (non-hydrogen) atoms. The van der Waals surface area contributed by atoms with Crippen LogP contribution in [0.15, 0.2) is 23.1 Å². The van der Waals surface area contributed by atoms with Crippen LogP contribution in [0.5, 0.6) is 5.75 Å². The van der Waals surface area contributed by atoms with Crippen molar-refractivity contribution < 1.29 is 17.9 Å². The molecule has 0 aromatic heterocycles. The number of carbonyl (C=O) groups excluding carboxylic acids is 1. The molecular formula is C12H18N2O4S. The van der Waals surface area contributed by atoms with Gasteiger partial charge in [-0.2, -0.15) is 0 Å². The molecule has 0 aliphatic carbocycles. The first-order valence-electron chi connectivity index (χ1n) is 5.77. The standard InChI is InChI=1S/C12H18N2O4S/c1-4-7-14(2)12(15)10-8-9(19(13,16)17)5-6-11(10)18-3/h5-6,8H,4,7H2,1-3H3,(H2,13,16,17). The molecule has 0 unspecified atom stereocenters. The molecule has 106 valence electrons. The third-order valence-corrected chi connectivity index (χ3v) is 3.55. The third-order valence-electron chi connectivity index (χ3n) is 2.64. The van der Waals surface area contributed by atoms with Gasteiger partial charge in [-0.1, -0.05) is 6.92 Å². The van der Waals surface area contributed by atoms with E-state index in [1.807, 2.05) is 6.92 Å². The lowest BCUT2D eigenvalue weighted by atomic mass is 10.1. The minimum atomic E-state index is -3.85. The summed E-state index contributed by atoms with van der Waals surface area (Å²) in [5.74, 6) is 0.0181. The number of rotatable bonds is 5. The van der Waals surface area contributed by atoms with Gasteiger partial charge in [-0.3, -0.25) is 4.79 Å². The molecule has 6 nitrogen and oxygen atoms in total. The average Bonchev–Trinajstić information content (AvgIpc) is 2.36. The molecule has 0 radical (unpaired) electrons. The predicted octanol–water partition coefficient (Wildman–Crippen LogP) is 0.825. The van der Waals surface area contributed by atoms with E-state index in [2.05, 4.69) is 0 Å². The zero-order valence-electron chi connectivity index (χ0n) is 11.2. The van der Waals surface area contributed by atoms with Crippen LogP contribution in [-0.2, 0) is 10.0 Å². The Bertz CT molecular complexity index is 569. The fourth-order valence-electron chi connectivity index (χ4n) is 1.67. The van der Waals surface area contributed by atoms with Gasteiger partial charge in [0.15, 0.2) is 0 Å². The molecule has 2 N–H and O–H groups in total. The highest BCUT2D eigenvalue weighted by atomic mass is 32.2. The van der Waals surface area contributed by atoms with Gasteiger partial charge in [-0.15, -0.1) is 0 Å². The van der Waals surface area contributed by atoms with Crippen molar-refractivity contribution in [2.75, 3.05) is 20.7 Å². The first-order chi connectivity index (χ1) is 8.81. The van der Waals surface area contributed by atoms with Gasteiger partial charge in [0.2, 0.25) is 10.0 Å². The summed E-state index contributed by atoms with van der Waals surface area (Å²) in [7, 11) is -0.781. The number of carbonyl (C=O) groups is 1. The van der Waals surface area contributed by atoms with E-state index < -0.39 is 10.0 Å². The van der Waals surface area contributed by atoms with Gasteiger partial charge in [-0.25, -0.2) is 13.6 Å². The van der Waals surface area contributed by atoms with Gasteiger partial charge in [0.05, 0.1) is 17.6 Å². The van der Waals surface area contributed by atoms with Crippen LogP contribution < -0.4 is 9.88 Å². The van der Waals surface area contributed by atoms with Crippen LogP contribution in [-0.4, -0.2) is 39.9 Å². The number of primary sulfonamides is 1. The number of nitrogens with zero attached hydrogens (tertiary/aromatic N) is 1. The van der Waals surface area contributed by atoms with Crippen LogP contribution in [0.1, 0.15) is 23.7 Å². The van der Waals surface area contributed by atoms with Crippen LogP contribution in [0.25, 0.3) is 0 Å². The van der Waals surface area contributed by atoms with Crippen molar-refractivity contribution >= 4 is 15.9 Å². The van der Waals surface area contributed by atoms with Crippen LogP contribution in [0.3, 0.4) is 0 Å². The topological polar surface area (TPSA) is 89.7 Å². The van der Waals surface area contributed by atoms with Gasteiger partial charge in [0.1, 0.15) is 5.75 Å². The molecule has 1 amide bonds. The maximum atomic E-state index is 12.2. The van der Waals surface area contributed by atoms with Crippen LogP contribution in [0.4, 0.5) is 0 Å². The van der Waals surface area contributed by atoms with E-state index in [1.54, 1.807) is 7.05 Å². The maximum Gasteiger partial charge on any atom is 0.257 e. The smallest absolute Gasteiger partial charge is 0.257 e. The lowest BCUT2D eigenvalue weighted by molar-refractivity contribution is 0.0791. The Morgan fingerprint density at radius 2 is 2.05 bits per heavy atom. The van der Waals surface area contributed by atoms with Crippen molar-refractivity contribution in [2.45, 2.75) is 18.2 Å². The molecule has 1 aromatic carbocycles. The lowest BCUT2D eigenvalue weighted by Crippen LogP contribution is -2.28. The summed E-state index contributed by atoms with van der Waals surface area (Å²) < 4.78 is 27.7. The van der Waals surface area contributed by atoms with Crippen LogP contribution in [0.2, 0.25) is 0 Å². The fraction of sp³-hybridized carbons (Fsp3) is 0.417. The molecule has 0 atom stereocenters. The molecular weight excluding hydrogens is 268 g/mol. The minimum absolute atomic E-state index is 0.110. The van der Waals surface area contributed by atoms with E-state index in [-0.39, 0.29) is 16.4 Å². The summed E-state index contributed by atoms with van der Waals surface area (Å²) in [6, 6.07) is 3.97. The highest BCUT2D eigenvalue weighted by Gasteiger charge is 2.19. The summed E-state index contributed by atoms with van der Waals surface area (Å²) in [5.41, 5.74) is 0.185. The van der Waals surface area contributed by atoms with Crippen molar-refractivity contribution in [2.24, 2.45) is 5.14 Å². The summed E-state index contributed by atoms with van der Waals surface area (Å²) in [6.07, 6.45) is 0.805. The van der Waals surface area contributed by atoms with Crippen molar-refractivity contribution in [3.63, 3.8) is 0 Å². The Balaban J connectivity index is 3.27. The molecule has 0 aliphatic heterocycles. The van der Waals surface area contributed by atoms with E-state index in [0.29, 0.717) is 12.3 Å². The van der Waals surface area contributed by atoms with Crippen molar-refractivity contribution in [3.8, 4) is 5.75 Å². The van der Waals surface area contributed by atoms with Crippen LogP contribution >= 0.6 is 0 Å². The van der Waals surface area contributed by atoms with Crippen molar-refractivity contribution in [3.05, 3.63) is 23.8 Å². The fourth-order valence-corrected chi connectivity index (χ4v) is 2.21. The summed E-state index contributed by atoms with van der Waals surface area (Å²) in [5, 5.41) is 5.06. The Hall–Kier alpha value is -1.60. The molecule has 0 spiro atoms. The zero-order valence-corrected chi connectivity index (χ0v) is 12.0. The number of methoxy groups -OCH3 is 1. The van der Waals surface area contributed by atoms with E-state index in [1.165, 1.54) is 30.2 Å². The normalized spacial score (nSPS) is 11.2. The van der Waals surface area contributed by atoms with Gasteiger partial charge >= 0.3 is 0 Å². The van der Waals surface area contributed by atoms with Gasteiger partial charge in [0.25, 0.3) is 5.91 Å². The third kappa shape index (κ3) is 3.68. The molecule has 0 saturated heterocycles. The Labute approximate surface area is 113 Å². The first kappa shape index (κ1) is 15.5. The predicted molar refractivity (Wildman–Crippen MR) is 71.6 cm³/mol. The van der Waals surface area contributed by atoms with E-state index >= 15 is 0 Å². The molecule has 1 aromatic rings. The summed E-state index contributed by atoms with van der Waals surface area (Å²) in [4.78, 5) is 13.6. The van der Waals surface area contributed by atoms with Gasteiger partial charge in [-0.05, 0) is 24.6 Å². The van der Waals surface area contributed by atoms with Crippen LogP contribution in [0, 0.1) is 0 Å². The zero-order chi connectivity index (χ0) is 14.6. The summed E-state index contributed by atoms with van der Waals surface area (Å²) >= 11 is 0. The second kappa shape index (κ2) is 6.03. The largest absolute Gasteiger partial charge is 0.496 e. The summed E-state index contributed by atoms with van der Waals surface area (Å²) in [6.45, 7) is 2.52. The Kier molecular flexibility index (Phi) is 4.90. The molecule has 0 fully saturated rings. The number of nitrogens with two attached hydrogens (primary N) is 1. The first-order valence-corrected chi connectivity index (χ1v) is 7.32. The SMILES string of the molecule is CCCN(C)C(=O)c1cc(S(N)(=O)=O)ccc1OC. The van der Waals surface area contributed by atoms with Crippen molar-refractivity contribution in [1.29, 1.82) is 0 Å². The van der Waals surface area contributed by atoms with E-state index in [0.717, 1.165) is 6.42 Å². The quantitative estimate of drug-likeness (QED) is 0.868. The second-order valence-corrected chi connectivity index (χ2v) is 5.70. The van der Waals surface area contributed by atoms with Crippen molar-refractivity contribution in [1.82, 2.24) is 4.90 Å². The number of ether oxygens (including phenoxy) is 1.